The Kier molecular flexibility index (Phi) is 5.06. The van der Waals surface area contributed by atoms with Crippen molar-refractivity contribution in [1.29, 1.82) is 0 Å². The lowest BCUT2D eigenvalue weighted by Crippen LogP contribution is -1.95. The van der Waals surface area contributed by atoms with Crippen molar-refractivity contribution in [3.63, 3.8) is 0 Å². The maximum atomic E-state index is 3.88. The molecule has 14 heavy (non-hydrogen) atoms. The van der Waals surface area contributed by atoms with E-state index in [0.29, 0.717) is 5.92 Å². The monoisotopic (exact) mass is 187 g/mol. The van der Waals surface area contributed by atoms with E-state index in [9.17, 15) is 0 Å². The van der Waals surface area contributed by atoms with Crippen LogP contribution in [-0.2, 0) is 0 Å². The Morgan fingerprint density at radius 3 is 2.57 bits per heavy atom. The highest BCUT2D eigenvalue weighted by molar-refractivity contribution is 5.26. The number of benzene rings is 1. The molecule has 1 unspecified atom stereocenters. The molecule has 0 aliphatic rings. The lowest BCUT2D eigenvalue weighted by Gasteiger charge is -2.11. The molecule has 1 rings (SSSR count). The zero-order valence-corrected chi connectivity index (χ0v) is 8.95. The lowest BCUT2D eigenvalue weighted by molar-refractivity contribution is 0.745. The van der Waals surface area contributed by atoms with Crippen LogP contribution < -0.4 is 0 Å². The first-order chi connectivity index (χ1) is 6.88. The van der Waals surface area contributed by atoms with Crippen molar-refractivity contribution in [3.8, 4) is 0 Å². The second-order valence-electron chi connectivity index (χ2n) is 3.55. The molecule has 1 aromatic carbocycles. The lowest BCUT2D eigenvalue weighted by atomic mass is 9.93. The SMILES string of the molecule is C=CC([CH]CCCC)c1ccccc1. The van der Waals surface area contributed by atoms with Crippen molar-refractivity contribution >= 4 is 0 Å². The minimum Gasteiger partial charge on any atom is -0.102 e. The van der Waals surface area contributed by atoms with Gasteiger partial charge in [0.15, 0.2) is 0 Å². The van der Waals surface area contributed by atoms with Crippen molar-refractivity contribution in [2.24, 2.45) is 0 Å². The minimum absolute atomic E-state index is 0.419. The van der Waals surface area contributed by atoms with Crippen molar-refractivity contribution < 1.29 is 0 Å². The van der Waals surface area contributed by atoms with Crippen molar-refractivity contribution in [1.82, 2.24) is 0 Å². The van der Waals surface area contributed by atoms with Gasteiger partial charge in [0.2, 0.25) is 0 Å². The van der Waals surface area contributed by atoms with Crippen LogP contribution in [0.1, 0.15) is 37.7 Å². The fraction of sp³-hybridized carbons (Fsp3) is 0.357. The molecular formula is C14H19. The van der Waals surface area contributed by atoms with Gasteiger partial charge in [-0.2, -0.15) is 0 Å². The van der Waals surface area contributed by atoms with Crippen molar-refractivity contribution in [3.05, 3.63) is 55.0 Å². The predicted octanol–water partition coefficient (Wildman–Crippen LogP) is 4.35. The van der Waals surface area contributed by atoms with Gasteiger partial charge in [-0.15, -0.1) is 6.58 Å². The molecule has 1 aromatic rings. The van der Waals surface area contributed by atoms with Gasteiger partial charge in [-0.3, -0.25) is 0 Å². The summed E-state index contributed by atoms with van der Waals surface area (Å²) in [6.45, 7) is 6.11. The molecule has 75 valence electrons. The molecule has 1 radical (unpaired) electrons. The molecule has 0 heterocycles. The third kappa shape index (κ3) is 3.37. The van der Waals surface area contributed by atoms with E-state index in [2.05, 4.69) is 50.3 Å². The molecule has 0 heteroatoms. The van der Waals surface area contributed by atoms with Crippen molar-refractivity contribution in [2.75, 3.05) is 0 Å². The van der Waals surface area contributed by atoms with Crippen LogP contribution in [0.5, 0.6) is 0 Å². The molecule has 0 bridgehead atoms. The molecule has 0 aliphatic carbocycles. The largest absolute Gasteiger partial charge is 0.102 e. The zero-order valence-electron chi connectivity index (χ0n) is 8.95. The third-order valence-electron chi connectivity index (χ3n) is 2.42. The fourth-order valence-electron chi connectivity index (χ4n) is 1.55. The number of rotatable bonds is 6. The summed E-state index contributed by atoms with van der Waals surface area (Å²) in [5, 5.41) is 0. The van der Waals surface area contributed by atoms with Gasteiger partial charge in [0.25, 0.3) is 0 Å². The van der Waals surface area contributed by atoms with Crippen LogP contribution in [-0.4, -0.2) is 0 Å². The summed E-state index contributed by atoms with van der Waals surface area (Å²) >= 11 is 0. The van der Waals surface area contributed by atoms with Crippen LogP contribution >= 0.6 is 0 Å². The standard InChI is InChI=1S/C14H19/c1-3-5-7-10-13(4-2)14-11-8-6-9-12-14/h4,6,8-13H,2-3,5,7H2,1H3. The quantitative estimate of drug-likeness (QED) is 0.459. The van der Waals surface area contributed by atoms with Crippen molar-refractivity contribution in [2.45, 2.75) is 32.1 Å². The fourth-order valence-corrected chi connectivity index (χ4v) is 1.55. The van der Waals surface area contributed by atoms with Gasteiger partial charge in [0.1, 0.15) is 0 Å². The molecule has 0 nitrogen and oxygen atoms in total. The van der Waals surface area contributed by atoms with Gasteiger partial charge in [-0.25, -0.2) is 0 Å². The molecule has 0 fully saturated rings. The molecule has 0 amide bonds. The van der Waals surface area contributed by atoms with Gasteiger partial charge in [-0.1, -0.05) is 56.2 Å². The molecule has 0 aromatic heterocycles. The van der Waals surface area contributed by atoms with E-state index in [1.165, 1.54) is 24.8 Å². The van der Waals surface area contributed by atoms with E-state index < -0.39 is 0 Å². The smallest absolute Gasteiger partial charge is 0.00465 e. The highest BCUT2D eigenvalue weighted by Gasteiger charge is 2.05. The Hall–Kier alpha value is -1.04. The summed E-state index contributed by atoms with van der Waals surface area (Å²) < 4.78 is 0. The van der Waals surface area contributed by atoms with Gasteiger partial charge < -0.3 is 0 Å². The molecule has 0 saturated carbocycles. The molecule has 0 N–H and O–H groups in total. The Labute approximate surface area is 87.7 Å². The van der Waals surface area contributed by atoms with Crippen LogP contribution in [0, 0.1) is 6.42 Å². The summed E-state index contributed by atoms with van der Waals surface area (Å²) in [5.74, 6) is 0.419. The second-order valence-corrected chi connectivity index (χ2v) is 3.55. The first-order valence-electron chi connectivity index (χ1n) is 5.39. The minimum atomic E-state index is 0.419. The number of unbranched alkanes of at least 4 members (excludes halogenated alkanes) is 2. The molecule has 0 aliphatic heterocycles. The van der Waals surface area contributed by atoms with E-state index in [1.54, 1.807) is 0 Å². The summed E-state index contributed by atoms with van der Waals surface area (Å²) in [6, 6.07) is 10.5. The number of hydrogen-bond donors (Lipinski definition) is 0. The van der Waals surface area contributed by atoms with Gasteiger partial charge in [0, 0.05) is 5.92 Å². The van der Waals surface area contributed by atoms with Crippen LogP contribution in [0.4, 0.5) is 0 Å². The van der Waals surface area contributed by atoms with Crippen LogP contribution in [0.2, 0.25) is 0 Å². The van der Waals surface area contributed by atoms with E-state index >= 15 is 0 Å². The molecule has 0 saturated heterocycles. The molecular weight excluding hydrogens is 168 g/mol. The molecule has 0 spiro atoms. The number of hydrogen-bond acceptors (Lipinski definition) is 0. The Morgan fingerprint density at radius 1 is 1.29 bits per heavy atom. The average molecular weight is 187 g/mol. The summed E-state index contributed by atoms with van der Waals surface area (Å²) in [6.07, 6.45) is 8.09. The highest BCUT2D eigenvalue weighted by atomic mass is 14.1. The number of allylic oxidation sites excluding steroid dienone is 1. The Balaban J connectivity index is 2.50. The highest BCUT2D eigenvalue weighted by Crippen LogP contribution is 2.21. The Morgan fingerprint density at radius 2 is 2.00 bits per heavy atom. The van der Waals surface area contributed by atoms with Crippen LogP contribution in [0.25, 0.3) is 0 Å². The predicted molar refractivity (Wildman–Crippen MR) is 63.2 cm³/mol. The van der Waals surface area contributed by atoms with Gasteiger partial charge in [-0.05, 0) is 18.4 Å². The van der Waals surface area contributed by atoms with Gasteiger partial charge >= 0.3 is 0 Å². The van der Waals surface area contributed by atoms with Crippen LogP contribution in [0.15, 0.2) is 43.0 Å². The maximum absolute atomic E-state index is 3.88. The zero-order chi connectivity index (χ0) is 10.2. The van der Waals surface area contributed by atoms with E-state index in [1.807, 2.05) is 6.08 Å². The summed E-state index contributed by atoms with van der Waals surface area (Å²) in [4.78, 5) is 0. The third-order valence-corrected chi connectivity index (χ3v) is 2.42. The summed E-state index contributed by atoms with van der Waals surface area (Å²) in [5.41, 5.74) is 1.35. The van der Waals surface area contributed by atoms with Gasteiger partial charge in [0.05, 0.1) is 0 Å². The van der Waals surface area contributed by atoms with E-state index in [4.69, 9.17) is 0 Å². The Bertz CT molecular complexity index is 248. The second kappa shape index (κ2) is 6.42. The van der Waals surface area contributed by atoms with E-state index in [0.717, 1.165) is 0 Å². The first-order valence-corrected chi connectivity index (χ1v) is 5.39. The van der Waals surface area contributed by atoms with E-state index in [-0.39, 0.29) is 0 Å². The van der Waals surface area contributed by atoms with Crippen LogP contribution in [0.3, 0.4) is 0 Å². The average Bonchev–Trinajstić information content (AvgIpc) is 2.26. The maximum Gasteiger partial charge on any atom is 0.00465 e. The topological polar surface area (TPSA) is 0 Å². The first kappa shape index (κ1) is 11.0. The molecule has 1 atom stereocenters. The summed E-state index contributed by atoms with van der Waals surface area (Å²) in [7, 11) is 0. The normalized spacial score (nSPS) is 12.4.